The quantitative estimate of drug-likeness (QED) is 0.932. The molecule has 106 valence electrons. The summed E-state index contributed by atoms with van der Waals surface area (Å²) in [4.78, 5) is 25.2. The van der Waals surface area contributed by atoms with Gasteiger partial charge < -0.3 is 10.0 Å². The maximum atomic E-state index is 12.4. The summed E-state index contributed by atoms with van der Waals surface area (Å²) in [6, 6.07) is 7.60. The van der Waals surface area contributed by atoms with Gasteiger partial charge in [-0.1, -0.05) is 23.7 Å². The Labute approximate surface area is 122 Å². The number of carbonyl (C=O) groups is 2. The molecule has 1 amide bonds. The van der Waals surface area contributed by atoms with Gasteiger partial charge in [-0.25, -0.2) is 0 Å². The molecule has 1 N–H and O–H groups in total. The van der Waals surface area contributed by atoms with Gasteiger partial charge in [0.05, 0.1) is 17.9 Å². The second-order valence-corrected chi connectivity index (χ2v) is 5.97. The lowest BCUT2D eigenvalue weighted by Crippen LogP contribution is -2.32. The maximum Gasteiger partial charge on any atom is 0.307 e. The van der Waals surface area contributed by atoms with Gasteiger partial charge in [0, 0.05) is 11.6 Å². The van der Waals surface area contributed by atoms with Gasteiger partial charge in [-0.3, -0.25) is 9.59 Å². The van der Waals surface area contributed by atoms with E-state index >= 15 is 0 Å². The number of hydrogen-bond acceptors (Lipinski definition) is 2. The number of rotatable bonds is 3. The first-order chi connectivity index (χ1) is 9.58. The van der Waals surface area contributed by atoms with Gasteiger partial charge in [-0.2, -0.15) is 0 Å². The summed E-state index contributed by atoms with van der Waals surface area (Å²) in [5.74, 6) is -1.68. The van der Waals surface area contributed by atoms with Crippen LogP contribution in [-0.2, 0) is 9.59 Å². The average Bonchev–Trinajstić information content (AvgIpc) is 3.07. The van der Waals surface area contributed by atoms with Crippen LogP contribution in [0.4, 0.5) is 0 Å². The van der Waals surface area contributed by atoms with E-state index in [0.717, 1.165) is 18.4 Å². The lowest BCUT2D eigenvalue weighted by Gasteiger charge is -2.25. The fourth-order valence-corrected chi connectivity index (χ4v) is 3.24. The van der Waals surface area contributed by atoms with Crippen LogP contribution in [-0.4, -0.2) is 28.4 Å². The zero-order valence-electron chi connectivity index (χ0n) is 11.0. The minimum absolute atomic E-state index is 0.0140. The Morgan fingerprint density at radius 1 is 1.30 bits per heavy atom. The molecule has 1 aliphatic carbocycles. The third kappa shape index (κ3) is 2.40. The van der Waals surface area contributed by atoms with Crippen LogP contribution in [0.1, 0.15) is 30.9 Å². The van der Waals surface area contributed by atoms with E-state index in [1.807, 2.05) is 29.2 Å². The van der Waals surface area contributed by atoms with Crippen molar-refractivity contribution in [1.82, 2.24) is 4.90 Å². The average molecular weight is 294 g/mol. The van der Waals surface area contributed by atoms with Gasteiger partial charge in [-0.15, -0.1) is 0 Å². The van der Waals surface area contributed by atoms with Crippen LogP contribution in [0.3, 0.4) is 0 Å². The number of amides is 1. The molecule has 3 rings (SSSR count). The summed E-state index contributed by atoms with van der Waals surface area (Å²) in [6.07, 6.45) is 2.34. The molecule has 1 saturated heterocycles. The molecule has 0 radical (unpaired) electrons. The number of carboxylic acid groups (broad SMARTS) is 1. The van der Waals surface area contributed by atoms with Crippen molar-refractivity contribution in [2.45, 2.75) is 25.3 Å². The van der Waals surface area contributed by atoms with Crippen molar-refractivity contribution in [2.75, 3.05) is 6.54 Å². The van der Waals surface area contributed by atoms with E-state index < -0.39 is 11.9 Å². The Kier molecular flexibility index (Phi) is 3.42. The molecule has 20 heavy (non-hydrogen) atoms. The Morgan fingerprint density at radius 2 is 2.10 bits per heavy atom. The number of nitrogens with zero attached hydrogens (tertiary/aromatic N) is 1. The zero-order valence-corrected chi connectivity index (χ0v) is 11.7. The summed E-state index contributed by atoms with van der Waals surface area (Å²) < 4.78 is 0. The highest BCUT2D eigenvalue weighted by Crippen LogP contribution is 2.43. The van der Waals surface area contributed by atoms with Gasteiger partial charge in [0.1, 0.15) is 0 Å². The first-order valence-corrected chi connectivity index (χ1v) is 7.24. The zero-order chi connectivity index (χ0) is 14.3. The molecule has 0 spiro atoms. The summed E-state index contributed by atoms with van der Waals surface area (Å²) in [7, 11) is 0. The highest BCUT2D eigenvalue weighted by Gasteiger charge is 2.51. The van der Waals surface area contributed by atoms with Crippen molar-refractivity contribution >= 4 is 23.5 Å². The van der Waals surface area contributed by atoms with Crippen LogP contribution in [0, 0.1) is 11.8 Å². The van der Waals surface area contributed by atoms with Crippen LogP contribution in [0.5, 0.6) is 0 Å². The van der Waals surface area contributed by atoms with Crippen LogP contribution >= 0.6 is 11.6 Å². The van der Waals surface area contributed by atoms with E-state index in [4.69, 9.17) is 16.7 Å². The van der Waals surface area contributed by atoms with E-state index in [-0.39, 0.29) is 17.9 Å². The first-order valence-electron chi connectivity index (χ1n) is 6.86. The predicted molar refractivity (Wildman–Crippen MR) is 74.4 cm³/mol. The molecule has 2 aliphatic rings. The first kappa shape index (κ1) is 13.4. The molecule has 1 heterocycles. The molecule has 3 atom stereocenters. The number of benzene rings is 1. The second kappa shape index (κ2) is 5.09. The number of aliphatic carboxylic acids is 1. The molecule has 5 heteroatoms. The van der Waals surface area contributed by atoms with E-state index in [1.54, 1.807) is 0 Å². The highest BCUT2D eigenvalue weighted by atomic mass is 35.5. The molecule has 1 aromatic rings. The maximum absolute atomic E-state index is 12.4. The van der Waals surface area contributed by atoms with Crippen molar-refractivity contribution in [3.8, 4) is 0 Å². The lowest BCUT2D eigenvalue weighted by atomic mass is 10.0. The topological polar surface area (TPSA) is 57.6 Å². The molecular formula is C15H16ClNO3. The monoisotopic (exact) mass is 293 g/mol. The van der Waals surface area contributed by atoms with E-state index in [0.29, 0.717) is 18.0 Å². The largest absolute Gasteiger partial charge is 0.481 e. The van der Waals surface area contributed by atoms with Crippen molar-refractivity contribution in [2.24, 2.45) is 11.8 Å². The number of carboxylic acids is 1. The Hall–Kier alpha value is -1.55. The molecular weight excluding hydrogens is 278 g/mol. The number of hydrogen-bond donors (Lipinski definition) is 1. The SMILES string of the molecule is O=C(O)C1CC1C(=O)N1CCCC1c1cccc(Cl)c1. The van der Waals surface area contributed by atoms with E-state index in [2.05, 4.69) is 0 Å². The van der Waals surface area contributed by atoms with Gasteiger partial charge >= 0.3 is 5.97 Å². The highest BCUT2D eigenvalue weighted by molar-refractivity contribution is 6.30. The Bertz CT molecular complexity index is 560. The third-order valence-electron chi connectivity index (χ3n) is 4.19. The molecule has 1 saturated carbocycles. The van der Waals surface area contributed by atoms with Gasteiger partial charge in [0.15, 0.2) is 0 Å². The van der Waals surface area contributed by atoms with Crippen LogP contribution < -0.4 is 0 Å². The van der Waals surface area contributed by atoms with Crippen molar-refractivity contribution in [3.05, 3.63) is 34.9 Å². The fraction of sp³-hybridized carbons (Fsp3) is 0.467. The van der Waals surface area contributed by atoms with Crippen molar-refractivity contribution in [3.63, 3.8) is 0 Å². The fourth-order valence-electron chi connectivity index (χ4n) is 3.04. The summed E-state index contributed by atoms with van der Waals surface area (Å²) in [5.41, 5.74) is 1.04. The molecule has 2 fully saturated rings. The smallest absolute Gasteiger partial charge is 0.307 e. The molecule has 0 aromatic heterocycles. The molecule has 4 nitrogen and oxygen atoms in total. The molecule has 1 aromatic carbocycles. The number of halogens is 1. The third-order valence-corrected chi connectivity index (χ3v) is 4.43. The second-order valence-electron chi connectivity index (χ2n) is 5.53. The number of carbonyl (C=O) groups excluding carboxylic acids is 1. The van der Waals surface area contributed by atoms with Crippen LogP contribution in [0.25, 0.3) is 0 Å². The molecule has 1 aliphatic heterocycles. The van der Waals surface area contributed by atoms with Crippen molar-refractivity contribution in [1.29, 1.82) is 0 Å². The summed E-state index contributed by atoms with van der Waals surface area (Å²) in [6.45, 7) is 0.707. The standard InChI is InChI=1S/C15H16ClNO3/c16-10-4-1-3-9(7-10)13-5-2-6-17(13)14(18)11-8-12(11)15(19)20/h1,3-4,7,11-13H,2,5-6,8H2,(H,19,20). The minimum atomic E-state index is -0.859. The predicted octanol–water partition coefficient (Wildman–Crippen LogP) is 2.72. The minimum Gasteiger partial charge on any atom is -0.481 e. The number of likely N-dealkylation sites (tertiary alicyclic amines) is 1. The summed E-state index contributed by atoms with van der Waals surface area (Å²) >= 11 is 6.01. The molecule has 0 bridgehead atoms. The van der Waals surface area contributed by atoms with Gasteiger partial charge in [0.25, 0.3) is 0 Å². The summed E-state index contributed by atoms with van der Waals surface area (Å²) in [5, 5.41) is 9.61. The van der Waals surface area contributed by atoms with Crippen LogP contribution in [0.2, 0.25) is 5.02 Å². The normalized spacial score (nSPS) is 28.4. The van der Waals surface area contributed by atoms with Gasteiger partial charge in [0.2, 0.25) is 5.91 Å². The van der Waals surface area contributed by atoms with E-state index in [1.165, 1.54) is 0 Å². The Morgan fingerprint density at radius 3 is 2.75 bits per heavy atom. The van der Waals surface area contributed by atoms with Crippen molar-refractivity contribution < 1.29 is 14.7 Å². The Balaban J connectivity index is 1.76. The van der Waals surface area contributed by atoms with E-state index in [9.17, 15) is 9.59 Å². The van der Waals surface area contributed by atoms with Crippen LogP contribution in [0.15, 0.2) is 24.3 Å². The lowest BCUT2D eigenvalue weighted by molar-refractivity contribution is -0.142. The molecule has 3 unspecified atom stereocenters. The van der Waals surface area contributed by atoms with Gasteiger partial charge in [-0.05, 0) is 37.0 Å².